The third kappa shape index (κ3) is 8.19. The predicted octanol–water partition coefficient (Wildman–Crippen LogP) is 4.73. The van der Waals surface area contributed by atoms with Gasteiger partial charge in [-0.05, 0) is 68.7 Å². The molecule has 17 nitrogen and oxygen atoms in total. The summed E-state index contributed by atoms with van der Waals surface area (Å²) in [6.07, 6.45) is 5.42. The fourth-order valence-corrected chi connectivity index (χ4v) is 13.9. The molecule has 3 aromatic heterocycles. The van der Waals surface area contributed by atoms with Gasteiger partial charge in [-0.2, -0.15) is 0 Å². The van der Waals surface area contributed by atoms with Gasteiger partial charge in [0.1, 0.15) is 22.7 Å². The van der Waals surface area contributed by atoms with E-state index in [9.17, 15) is 9.59 Å². The zero-order valence-corrected chi connectivity index (χ0v) is 42.3. The number of likely N-dealkylation sites (tertiary alicyclic amines) is 1. The first kappa shape index (κ1) is 46.3. The number of carbonyl (C=O) groups is 3. The van der Waals surface area contributed by atoms with E-state index in [2.05, 4.69) is 80.4 Å². The highest BCUT2D eigenvalue weighted by atomic mass is 32.1. The van der Waals surface area contributed by atoms with Crippen LogP contribution in [0.4, 0.5) is 5.69 Å². The molecule has 7 bridgehead atoms. The topological polar surface area (TPSA) is 165 Å². The number of thiazole rings is 1. The van der Waals surface area contributed by atoms with Crippen molar-refractivity contribution in [2.24, 2.45) is 22.7 Å². The van der Waals surface area contributed by atoms with E-state index in [4.69, 9.17) is 33.7 Å². The third-order valence-electron chi connectivity index (χ3n) is 17.0. The number of ether oxygens (including phenoxy) is 5. The number of pyridine rings is 1. The highest BCUT2D eigenvalue weighted by Crippen LogP contribution is 2.48. The smallest absolute Gasteiger partial charge is 0.328 e. The Bertz CT molecular complexity index is 2750. The van der Waals surface area contributed by atoms with Crippen LogP contribution in [-0.2, 0) is 51.0 Å². The molecule has 8 aliphatic heterocycles. The minimum absolute atomic E-state index is 0.0156. The largest absolute Gasteiger partial charge is 0.464 e. The van der Waals surface area contributed by atoms with Crippen LogP contribution in [0.3, 0.4) is 0 Å². The van der Waals surface area contributed by atoms with E-state index in [0.29, 0.717) is 85.1 Å². The van der Waals surface area contributed by atoms with Crippen LogP contribution in [0.5, 0.6) is 0 Å². The van der Waals surface area contributed by atoms with Crippen LogP contribution in [0.1, 0.15) is 81.8 Å². The van der Waals surface area contributed by atoms with Crippen molar-refractivity contribution >= 4 is 45.7 Å². The van der Waals surface area contributed by atoms with Gasteiger partial charge in [-0.25, -0.2) is 15.2 Å². The summed E-state index contributed by atoms with van der Waals surface area (Å²) < 4.78 is 33.0. The molecule has 2 amide bonds. The minimum Gasteiger partial charge on any atom is -0.464 e. The molecule has 71 heavy (non-hydrogen) atoms. The number of piperazine rings is 1. The van der Waals surface area contributed by atoms with Gasteiger partial charge in [-0.3, -0.25) is 29.4 Å². The standard InChI is InChI=1S/C53H67N9O8S/c1-31-24-69-46(31)47(63)56-43-45(60-26-52(27-60)29-67-30-52)48-55-40(25-71-48)34-5-8-41-37(17-34)39(21-51(3,4)28-70-50(65)53-19-33(20-53)23-62(57-53)49(43)64)44-38-18-36(59-11-9-58(10-12-59)35-6-7-35)22-54-42(38)32(2)68-16-15-66-14-13-61(41)44/h5,8,17-18,22,25,31-33,35,43,45-46,57H,6-7,9-16,19-21,23-24,26-30H2,1-4H3,(H,56,63)/t31-,32-,33?,43-,45-,46+,53?/m0/s1. The number of cyclic esters (lactones) is 1. The Balaban J connectivity index is 0.959. The second-order valence-corrected chi connectivity index (χ2v) is 24.1. The number of nitrogens with one attached hydrogen (secondary N) is 2. The number of fused-ring (bicyclic) bond motifs is 9. The fraction of sp³-hybridized carbons (Fsp3) is 0.642. The van der Waals surface area contributed by atoms with Gasteiger partial charge >= 0.3 is 5.97 Å². The number of hydrogen-bond acceptors (Lipinski definition) is 15. The molecule has 0 radical (unpaired) electrons. The predicted molar refractivity (Wildman–Crippen MR) is 265 cm³/mol. The van der Waals surface area contributed by atoms with Crippen molar-refractivity contribution in [3.63, 3.8) is 0 Å². The van der Waals surface area contributed by atoms with Crippen LogP contribution >= 0.6 is 11.3 Å². The molecule has 2 aliphatic carbocycles. The number of aromatic nitrogens is 3. The maximum Gasteiger partial charge on any atom is 0.328 e. The SMILES string of the molecule is C[C@@H]1OCCOCCn2c(c3c4cc(ccc42)-c2csc(n2)[C@@H](N2CC4(COC4)C2)[C@H](NC(=O)[C@@H]2OC[C@@H]2C)C(=O)N2CC4CC(C4)(N2)C(=O)OCC(C)(C)C3)-c2cc(N3CCN(C4CC4)CC3)cnc21. The number of benzene rings is 1. The van der Waals surface area contributed by atoms with Crippen LogP contribution in [0.15, 0.2) is 35.8 Å². The normalized spacial score (nSPS) is 31.9. The number of rotatable bonds is 5. The van der Waals surface area contributed by atoms with Gasteiger partial charge in [0.15, 0.2) is 0 Å². The van der Waals surface area contributed by atoms with Crippen molar-refractivity contribution in [2.75, 3.05) is 97.0 Å². The average Bonchev–Trinajstić information content (AvgIpc) is 4.00. The van der Waals surface area contributed by atoms with Crippen molar-refractivity contribution in [1.29, 1.82) is 0 Å². The number of hydrazine groups is 1. The van der Waals surface area contributed by atoms with Crippen molar-refractivity contribution in [3.05, 3.63) is 52.1 Å². The number of carbonyl (C=O) groups excluding carboxylic acids is 3. The van der Waals surface area contributed by atoms with E-state index in [1.165, 1.54) is 24.2 Å². The summed E-state index contributed by atoms with van der Waals surface area (Å²) in [6.45, 7) is 18.2. The number of anilines is 1. The summed E-state index contributed by atoms with van der Waals surface area (Å²) in [5, 5.41) is 8.69. The summed E-state index contributed by atoms with van der Waals surface area (Å²) in [5.74, 6) is -0.854. The van der Waals surface area contributed by atoms with E-state index in [-0.39, 0.29) is 47.7 Å². The van der Waals surface area contributed by atoms with E-state index in [1.807, 2.05) is 13.1 Å². The lowest BCUT2D eigenvalue weighted by atomic mass is 9.66. The van der Waals surface area contributed by atoms with Crippen LogP contribution in [0.2, 0.25) is 0 Å². The van der Waals surface area contributed by atoms with Gasteiger partial charge in [-0.15, -0.1) is 11.3 Å². The Kier molecular flexibility index (Phi) is 11.4. The first-order valence-corrected chi connectivity index (χ1v) is 27.0. The van der Waals surface area contributed by atoms with Gasteiger partial charge in [0.25, 0.3) is 5.91 Å². The molecular formula is C53H67N9O8S. The van der Waals surface area contributed by atoms with Crippen LogP contribution in [-0.4, -0.2) is 163 Å². The molecule has 14 rings (SSSR count). The summed E-state index contributed by atoms with van der Waals surface area (Å²) in [6, 6.07) is 8.11. The van der Waals surface area contributed by atoms with E-state index in [1.54, 1.807) is 5.01 Å². The quantitative estimate of drug-likeness (QED) is 0.264. The fourth-order valence-electron chi connectivity index (χ4n) is 12.9. The van der Waals surface area contributed by atoms with Crippen molar-refractivity contribution in [1.82, 2.24) is 40.1 Å². The molecule has 2 N–H and O–H groups in total. The summed E-state index contributed by atoms with van der Waals surface area (Å²) in [5.41, 5.74) is 9.89. The third-order valence-corrected chi connectivity index (χ3v) is 17.9. The first-order chi connectivity index (χ1) is 34.3. The molecule has 0 unspecified atom stereocenters. The number of amides is 2. The maximum atomic E-state index is 15.2. The summed E-state index contributed by atoms with van der Waals surface area (Å²) in [4.78, 5) is 62.0. The van der Waals surface area contributed by atoms with Gasteiger partial charge < -0.3 is 38.5 Å². The lowest BCUT2D eigenvalue weighted by Gasteiger charge is -2.58. The van der Waals surface area contributed by atoms with Crippen LogP contribution < -0.4 is 15.6 Å². The van der Waals surface area contributed by atoms with Gasteiger partial charge in [0, 0.05) is 103 Å². The average molecular weight is 990 g/mol. The minimum atomic E-state index is -1.06. The molecule has 4 aromatic rings. The highest BCUT2D eigenvalue weighted by Gasteiger charge is 2.60. The molecule has 10 aliphatic rings. The van der Waals surface area contributed by atoms with Crippen molar-refractivity contribution < 1.29 is 38.1 Å². The molecule has 11 heterocycles. The zero-order chi connectivity index (χ0) is 48.4. The van der Waals surface area contributed by atoms with Gasteiger partial charge in [-0.1, -0.05) is 26.8 Å². The zero-order valence-electron chi connectivity index (χ0n) is 41.5. The Morgan fingerprint density at radius 1 is 0.930 bits per heavy atom. The molecule has 1 aromatic carbocycles. The lowest BCUT2D eigenvalue weighted by molar-refractivity contribution is -0.204. The molecule has 2 spiro atoms. The summed E-state index contributed by atoms with van der Waals surface area (Å²) in [7, 11) is 0. The Morgan fingerprint density at radius 2 is 1.75 bits per heavy atom. The molecule has 5 atom stereocenters. The molecular weight excluding hydrogens is 923 g/mol. The number of esters is 1. The molecule has 2 saturated carbocycles. The van der Waals surface area contributed by atoms with E-state index in [0.717, 1.165) is 87.6 Å². The van der Waals surface area contributed by atoms with Gasteiger partial charge in [0.2, 0.25) is 5.91 Å². The molecule has 6 saturated heterocycles. The van der Waals surface area contributed by atoms with Crippen molar-refractivity contribution in [2.45, 2.75) is 102 Å². The number of nitrogens with zero attached hydrogens (tertiary/aromatic N) is 7. The lowest BCUT2D eigenvalue weighted by Crippen LogP contribution is -2.76. The number of hydrogen-bond donors (Lipinski definition) is 2. The van der Waals surface area contributed by atoms with Crippen molar-refractivity contribution in [3.8, 4) is 22.5 Å². The first-order valence-electron chi connectivity index (χ1n) is 26.1. The molecule has 18 heteroatoms. The Morgan fingerprint density at radius 3 is 2.48 bits per heavy atom. The second-order valence-electron chi connectivity index (χ2n) is 23.2. The second kappa shape index (κ2) is 17.6. The van der Waals surface area contributed by atoms with Gasteiger partial charge in [0.05, 0.1) is 87.4 Å². The maximum absolute atomic E-state index is 15.2. The van der Waals surface area contributed by atoms with E-state index < -0.39 is 29.1 Å². The van der Waals surface area contributed by atoms with Crippen LogP contribution in [0, 0.1) is 22.7 Å². The van der Waals surface area contributed by atoms with E-state index >= 15 is 4.79 Å². The molecule has 378 valence electrons. The Labute approximate surface area is 418 Å². The monoisotopic (exact) mass is 989 g/mol. The van der Waals surface area contributed by atoms with Crippen LogP contribution in [0.25, 0.3) is 33.4 Å². The molecule has 8 fully saturated rings. The Hall–Kier alpha value is -4.53. The highest BCUT2D eigenvalue weighted by molar-refractivity contribution is 7.10. The summed E-state index contributed by atoms with van der Waals surface area (Å²) >= 11 is 1.51.